The molecule has 194 valence electrons. The highest BCUT2D eigenvalue weighted by Crippen LogP contribution is 2.41. The Hall–Kier alpha value is -2.62. The van der Waals surface area contributed by atoms with Gasteiger partial charge in [-0.3, -0.25) is 0 Å². The van der Waals surface area contributed by atoms with Crippen molar-refractivity contribution in [2.75, 3.05) is 18.5 Å². The van der Waals surface area contributed by atoms with Gasteiger partial charge in [-0.05, 0) is 58.7 Å². The number of aliphatic hydroxyl groups is 1. The van der Waals surface area contributed by atoms with E-state index in [2.05, 4.69) is 15.3 Å². The van der Waals surface area contributed by atoms with Crippen molar-refractivity contribution in [3.05, 3.63) is 58.1 Å². The van der Waals surface area contributed by atoms with Gasteiger partial charge in [-0.1, -0.05) is 23.7 Å². The first-order valence-electron chi connectivity index (χ1n) is 11.8. The van der Waals surface area contributed by atoms with Crippen LogP contribution < -0.4 is 10.1 Å². The van der Waals surface area contributed by atoms with Gasteiger partial charge >= 0.3 is 5.92 Å². The number of aryl methyl sites for hydroxylation is 1. The molecule has 1 atom stereocenters. The molecule has 2 N–H and O–H groups in total. The second kappa shape index (κ2) is 10.0. The normalized spacial score (nSPS) is 15.2. The van der Waals surface area contributed by atoms with Crippen molar-refractivity contribution in [3.63, 3.8) is 0 Å². The number of hydrogen-bond acceptors (Lipinski definition) is 6. The zero-order valence-corrected chi connectivity index (χ0v) is 21.3. The highest BCUT2D eigenvalue weighted by atomic mass is 35.5. The molecule has 0 radical (unpaired) electrons. The number of aromatic nitrogens is 2. The lowest BCUT2D eigenvalue weighted by atomic mass is 9.91. The summed E-state index contributed by atoms with van der Waals surface area (Å²) in [5, 5.41) is 14.0. The lowest BCUT2D eigenvalue weighted by Gasteiger charge is -2.30. The van der Waals surface area contributed by atoms with Crippen molar-refractivity contribution in [2.24, 2.45) is 0 Å². The minimum absolute atomic E-state index is 0.00324. The number of anilines is 1. The zero-order valence-electron chi connectivity index (χ0n) is 20.5. The summed E-state index contributed by atoms with van der Waals surface area (Å²) in [6.45, 7) is 5.99. The number of rotatable bonds is 10. The van der Waals surface area contributed by atoms with E-state index in [9.17, 15) is 13.9 Å². The maximum atomic E-state index is 15.3. The number of nitrogens with zero attached hydrogens (tertiary/aromatic N) is 2. The molecule has 0 unspecified atom stereocenters. The van der Waals surface area contributed by atoms with E-state index in [4.69, 9.17) is 21.1 Å². The predicted molar refractivity (Wildman–Crippen MR) is 132 cm³/mol. The molecule has 1 fully saturated rings. The quantitative estimate of drug-likeness (QED) is 0.303. The highest BCUT2D eigenvalue weighted by Gasteiger charge is 2.49. The molecule has 1 saturated carbocycles. The summed E-state index contributed by atoms with van der Waals surface area (Å²) in [5.74, 6) is -3.65. The SMILES string of the molecule is Cc1nc(N[C@H](C)c2cccc(C(F)(F)C(C)(C)O)c2F)c2cc(OCCOC3CC3)c(Cl)cc2n1. The summed E-state index contributed by atoms with van der Waals surface area (Å²) >= 11 is 6.39. The summed E-state index contributed by atoms with van der Waals surface area (Å²) in [6, 6.07) is 6.34. The van der Waals surface area contributed by atoms with Crippen LogP contribution in [0.5, 0.6) is 5.75 Å². The van der Waals surface area contributed by atoms with Crippen LogP contribution in [0, 0.1) is 12.7 Å². The van der Waals surface area contributed by atoms with E-state index in [1.165, 1.54) is 12.1 Å². The van der Waals surface area contributed by atoms with Crippen LogP contribution in [0.2, 0.25) is 5.02 Å². The van der Waals surface area contributed by atoms with Crippen LogP contribution in [0.3, 0.4) is 0 Å². The number of ether oxygens (including phenoxy) is 2. The van der Waals surface area contributed by atoms with Crippen molar-refractivity contribution < 1.29 is 27.8 Å². The van der Waals surface area contributed by atoms with Gasteiger partial charge in [-0.25, -0.2) is 14.4 Å². The van der Waals surface area contributed by atoms with Gasteiger partial charge in [0, 0.05) is 10.9 Å². The standard InChI is InChI=1S/C26H29ClF3N3O3/c1-14(17-6-5-7-19(23(17)28)26(29,30)25(3,4)34)31-24-18-12-22(36-11-10-35-16-8-9-16)20(27)13-21(18)32-15(2)33-24/h5-7,12-14,16,34H,8-11H2,1-4H3,(H,31,32,33)/t14-/m1/s1. The third kappa shape index (κ3) is 5.53. The van der Waals surface area contributed by atoms with Crippen LogP contribution >= 0.6 is 11.6 Å². The van der Waals surface area contributed by atoms with E-state index in [1.54, 1.807) is 26.0 Å². The molecule has 1 aliphatic carbocycles. The van der Waals surface area contributed by atoms with Crippen LogP contribution in [0.15, 0.2) is 30.3 Å². The second-order valence-corrected chi connectivity index (χ2v) is 9.95. The second-order valence-electron chi connectivity index (χ2n) is 9.55. The first-order chi connectivity index (χ1) is 16.9. The summed E-state index contributed by atoms with van der Waals surface area (Å²) < 4.78 is 56.2. The molecule has 0 bridgehead atoms. The maximum absolute atomic E-state index is 15.3. The molecule has 0 aliphatic heterocycles. The Morgan fingerprint density at radius 3 is 2.58 bits per heavy atom. The average Bonchev–Trinajstić information content (AvgIpc) is 3.60. The fourth-order valence-electron chi connectivity index (χ4n) is 3.81. The minimum atomic E-state index is -3.79. The molecule has 1 heterocycles. The fraction of sp³-hybridized carbons (Fsp3) is 0.462. The molecular weight excluding hydrogens is 495 g/mol. The number of hydrogen-bond donors (Lipinski definition) is 2. The molecule has 0 saturated heterocycles. The van der Waals surface area contributed by atoms with E-state index < -0.39 is 28.9 Å². The van der Waals surface area contributed by atoms with Crippen molar-refractivity contribution in [2.45, 2.75) is 64.2 Å². The van der Waals surface area contributed by atoms with Crippen LogP contribution in [0.25, 0.3) is 10.9 Å². The first kappa shape index (κ1) is 26.4. The molecule has 1 aromatic heterocycles. The van der Waals surface area contributed by atoms with E-state index in [0.29, 0.717) is 52.6 Å². The maximum Gasteiger partial charge on any atom is 0.303 e. The Bertz CT molecular complexity index is 1260. The van der Waals surface area contributed by atoms with Crippen molar-refractivity contribution in [1.29, 1.82) is 0 Å². The van der Waals surface area contributed by atoms with Crippen LogP contribution in [-0.2, 0) is 10.7 Å². The van der Waals surface area contributed by atoms with E-state index in [1.807, 2.05) is 0 Å². The number of benzene rings is 2. The predicted octanol–water partition coefficient (Wildman–Crippen LogP) is 6.32. The van der Waals surface area contributed by atoms with E-state index in [-0.39, 0.29) is 5.56 Å². The fourth-order valence-corrected chi connectivity index (χ4v) is 4.02. The summed E-state index contributed by atoms with van der Waals surface area (Å²) in [4.78, 5) is 8.87. The summed E-state index contributed by atoms with van der Waals surface area (Å²) in [7, 11) is 0. The average molecular weight is 524 g/mol. The molecule has 3 aromatic rings. The van der Waals surface area contributed by atoms with Crippen LogP contribution in [0.4, 0.5) is 19.0 Å². The molecule has 6 nitrogen and oxygen atoms in total. The van der Waals surface area contributed by atoms with Crippen molar-refractivity contribution >= 4 is 28.3 Å². The van der Waals surface area contributed by atoms with Gasteiger partial charge in [0.1, 0.15) is 35.4 Å². The Morgan fingerprint density at radius 1 is 1.19 bits per heavy atom. The lowest BCUT2D eigenvalue weighted by Crippen LogP contribution is -2.41. The Kier molecular flexibility index (Phi) is 7.37. The van der Waals surface area contributed by atoms with Gasteiger partial charge in [0.15, 0.2) is 0 Å². The van der Waals surface area contributed by atoms with Gasteiger partial charge in [-0.2, -0.15) is 8.78 Å². The van der Waals surface area contributed by atoms with Gasteiger partial charge in [0.25, 0.3) is 0 Å². The van der Waals surface area contributed by atoms with E-state index >= 15 is 4.39 Å². The van der Waals surface area contributed by atoms with Gasteiger partial charge in [0.2, 0.25) is 0 Å². The summed E-state index contributed by atoms with van der Waals surface area (Å²) in [6.07, 6.45) is 2.45. The molecule has 1 aliphatic rings. The van der Waals surface area contributed by atoms with Crippen LogP contribution in [0.1, 0.15) is 56.6 Å². The number of nitrogens with one attached hydrogen (secondary N) is 1. The number of alkyl halides is 2. The minimum Gasteiger partial charge on any atom is -0.490 e. The van der Waals surface area contributed by atoms with Gasteiger partial charge < -0.3 is 19.9 Å². The largest absolute Gasteiger partial charge is 0.490 e. The molecule has 0 spiro atoms. The Balaban J connectivity index is 1.63. The first-order valence-corrected chi connectivity index (χ1v) is 12.1. The summed E-state index contributed by atoms with van der Waals surface area (Å²) in [5.41, 5.74) is -2.77. The lowest BCUT2D eigenvalue weighted by molar-refractivity contribution is -0.170. The zero-order chi connectivity index (χ0) is 26.3. The topological polar surface area (TPSA) is 76.5 Å². The van der Waals surface area contributed by atoms with Crippen molar-refractivity contribution in [3.8, 4) is 5.75 Å². The number of fused-ring (bicyclic) bond motifs is 1. The highest BCUT2D eigenvalue weighted by molar-refractivity contribution is 6.32. The molecular formula is C26H29ClF3N3O3. The Labute approximate surface area is 212 Å². The molecule has 10 heteroatoms. The van der Waals surface area contributed by atoms with Crippen LogP contribution in [-0.4, -0.2) is 40.0 Å². The third-order valence-electron chi connectivity index (χ3n) is 6.03. The monoisotopic (exact) mass is 523 g/mol. The molecule has 36 heavy (non-hydrogen) atoms. The van der Waals surface area contributed by atoms with Crippen molar-refractivity contribution in [1.82, 2.24) is 9.97 Å². The van der Waals surface area contributed by atoms with E-state index in [0.717, 1.165) is 32.8 Å². The van der Waals surface area contributed by atoms with Gasteiger partial charge in [0.05, 0.1) is 34.9 Å². The Morgan fingerprint density at radius 2 is 1.92 bits per heavy atom. The molecule has 0 amide bonds. The number of halogens is 4. The third-order valence-corrected chi connectivity index (χ3v) is 6.33. The molecule has 2 aromatic carbocycles. The molecule has 4 rings (SSSR count). The smallest absolute Gasteiger partial charge is 0.303 e. The van der Waals surface area contributed by atoms with Gasteiger partial charge in [-0.15, -0.1) is 0 Å².